The van der Waals surface area contributed by atoms with Crippen LogP contribution in [0.3, 0.4) is 0 Å². The van der Waals surface area contributed by atoms with Gasteiger partial charge in [0.05, 0.1) is 29.6 Å². The Morgan fingerprint density at radius 2 is 1.86 bits per heavy atom. The third kappa shape index (κ3) is 6.29. The van der Waals surface area contributed by atoms with Crippen molar-refractivity contribution in [3.63, 3.8) is 0 Å². The monoisotopic (exact) mass is 496 g/mol. The Hall–Kier alpha value is -3.17. The maximum absolute atomic E-state index is 12.8. The van der Waals surface area contributed by atoms with Crippen LogP contribution in [0, 0.1) is 6.92 Å². The van der Waals surface area contributed by atoms with E-state index in [9.17, 15) is 13.2 Å². The fourth-order valence-electron chi connectivity index (χ4n) is 4.42. The van der Waals surface area contributed by atoms with Gasteiger partial charge in [-0.25, -0.2) is 13.4 Å². The molecule has 2 heterocycles. The minimum absolute atomic E-state index is 0.00423. The number of aryl methyl sites for hydroxylation is 1. The topological polar surface area (TPSA) is 105 Å². The smallest absolute Gasteiger partial charge is 0.237 e. The van der Waals surface area contributed by atoms with Crippen molar-refractivity contribution in [2.24, 2.45) is 0 Å². The van der Waals surface area contributed by atoms with Gasteiger partial charge in [0, 0.05) is 0 Å². The first-order valence-electron chi connectivity index (χ1n) is 12.0. The number of likely N-dealkylation sites (N-methyl/N-ethyl adjacent to an activating group) is 1. The second kappa shape index (κ2) is 11.0. The summed E-state index contributed by atoms with van der Waals surface area (Å²) in [5.74, 6) is 0.750. The summed E-state index contributed by atoms with van der Waals surface area (Å²) in [7, 11) is -3.64. The molecule has 2 aromatic carbocycles. The number of hydrogen-bond donors (Lipinski definition) is 2. The largest absolute Gasteiger partial charge is 0.441 e. The lowest BCUT2D eigenvalue weighted by atomic mass is 10.0. The lowest BCUT2D eigenvalue weighted by Gasteiger charge is -2.33. The summed E-state index contributed by atoms with van der Waals surface area (Å²) in [6, 6.07) is 15.9. The van der Waals surface area contributed by atoms with E-state index in [-0.39, 0.29) is 24.2 Å². The summed E-state index contributed by atoms with van der Waals surface area (Å²) in [4.78, 5) is 19.6. The average molecular weight is 497 g/mol. The molecule has 35 heavy (non-hydrogen) atoms. The molecule has 0 radical (unpaired) electrons. The van der Waals surface area contributed by atoms with Gasteiger partial charge in [-0.15, -0.1) is 0 Å². The molecule has 186 valence electrons. The van der Waals surface area contributed by atoms with E-state index in [1.54, 1.807) is 43.3 Å². The van der Waals surface area contributed by atoms with Gasteiger partial charge >= 0.3 is 0 Å². The molecule has 0 saturated carbocycles. The highest BCUT2D eigenvalue weighted by Gasteiger charge is 2.27. The van der Waals surface area contributed by atoms with E-state index in [1.165, 1.54) is 0 Å². The number of oxazole rings is 1. The molecular weight excluding hydrogens is 464 g/mol. The standard InChI is InChI=1S/C26H32N4O4S/c1-3-30-16-10-9-15-24(30)25(31)27-17-23-19(2)34-26(28-23)21-13-7-8-14-22(21)29-35(32,33)18-20-11-5-4-6-12-20/h4-8,11-14,24,29H,3,9-10,15-18H2,1-2H3,(H,27,31). The van der Waals surface area contributed by atoms with Crippen LogP contribution >= 0.6 is 0 Å². The number of piperidine rings is 1. The van der Waals surface area contributed by atoms with Gasteiger partial charge in [-0.3, -0.25) is 14.4 Å². The molecule has 1 aliphatic heterocycles. The van der Waals surface area contributed by atoms with Crippen LogP contribution < -0.4 is 10.0 Å². The first-order valence-corrected chi connectivity index (χ1v) is 13.6. The predicted molar refractivity (Wildman–Crippen MR) is 136 cm³/mol. The highest BCUT2D eigenvalue weighted by molar-refractivity contribution is 7.91. The molecule has 3 aromatic rings. The molecule has 1 atom stereocenters. The number of anilines is 1. The molecular formula is C26H32N4O4S. The number of hydrogen-bond acceptors (Lipinski definition) is 6. The molecule has 4 rings (SSSR count). The third-order valence-electron chi connectivity index (χ3n) is 6.27. The fraction of sp³-hybridized carbons (Fsp3) is 0.385. The van der Waals surface area contributed by atoms with Crippen LogP contribution in [-0.2, 0) is 27.1 Å². The van der Waals surface area contributed by atoms with E-state index in [0.717, 1.165) is 32.4 Å². The molecule has 1 fully saturated rings. The van der Waals surface area contributed by atoms with Gasteiger partial charge in [-0.2, -0.15) is 0 Å². The van der Waals surface area contributed by atoms with Gasteiger partial charge in [0.1, 0.15) is 11.5 Å². The second-order valence-electron chi connectivity index (χ2n) is 8.77. The van der Waals surface area contributed by atoms with Crippen LogP contribution in [-0.4, -0.2) is 43.3 Å². The number of para-hydroxylation sites is 1. The molecule has 9 heteroatoms. The normalized spacial score (nSPS) is 16.7. The lowest BCUT2D eigenvalue weighted by molar-refractivity contribution is -0.127. The molecule has 1 unspecified atom stereocenters. The van der Waals surface area contributed by atoms with Crippen LogP contribution in [0.25, 0.3) is 11.5 Å². The van der Waals surface area contributed by atoms with Gasteiger partial charge in [0.2, 0.25) is 21.8 Å². The molecule has 2 N–H and O–H groups in total. The number of benzene rings is 2. The molecule has 0 bridgehead atoms. The minimum Gasteiger partial charge on any atom is -0.441 e. The minimum atomic E-state index is -3.64. The molecule has 0 spiro atoms. The number of nitrogens with one attached hydrogen (secondary N) is 2. The van der Waals surface area contributed by atoms with Gasteiger partial charge in [0.15, 0.2) is 0 Å². The van der Waals surface area contributed by atoms with E-state index in [4.69, 9.17) is 4.42 Å². The van der Waals surface area contributed by atoms with Crippen molar-refractivity contribution in [1.82, 2.24) is 15.2 Å². The molecule has 1 aromatic heterocycles. The second-order valence-corrected chi connectivity index (χ2v) is 10.5. The van der Waals surface area contributed by atoms with Gasteiger partial charge in [0.25, 0.3) is 0 Å². The zero-order valence-corrected chi connectivity index (χ0v) is 21.0. The van der Waals surface area contributed by atoms with Crippen LogP contribution in [0.4, 0.5) is 5.69 Å². The van der Waals surface area contributed by atoms with Crippen molar-refractivity contribution < 1.29 is 17.6 Å². The Balaban J connectivity index is 1.47. The maximum atomic E-state index is 12.8. The first-order chi connectivity index (χ1) is 16.9. The molecule has 1 saturated heterocycles. The van der Waals surface area contributed by atoms with Crippen LogP contribution in [0.1, 0.15) is 43.2 Å². The first kappa shape index (κ1) is 24.9. The van der Waals surface area contributed by atoms with E-state index in [2.05, 4.69) is 26.8 Å². The number of aromatic nitrogens is 1. The van der Waals surface area contributed by atoms with Gasteiger partial charge in [-0.1, -0.05) is 55.8 Å². The van der Waals surface area contributed by atoms with Crippen molar-refractivity contribution >= 4 is 21.6 Å². The average Bonchev–Trinajstić information content (AvgIpc) is 3.23. The molecule has 1 aliphatic rings. The number of nitrogens with zero attached hydrogens (tertiary/aromatic N) is 2. The number of carbonyl (C=O) groups is 1. The van der Waals surface area contributed by atoms with Gasteiger partial charge < -0.3 is 9.73 Å². The summed E-state index contributed by atoms with van der Waals surface area (Å²) in [5.41, 5.74) is 2.24. The molecule has 8 nitrogen and oxygen atoms in total. The quantitative estimate of drug-likeness (QED) is 0.463. The predicted octanol–water partition coefficient (Wildman–Crippen LogP) is 4.08. The summed E-state index contributed by atoms with van der Waals surface area (Å²) >= 11 is 0. The number of likely N-dealkylation sites (tertiary alicyclic amines) is 1. The summed E-state index contributed by atoms with van der Waals surface area (Å²) in [6.07, 6.45) is 3.04. The Morgan fingerprint density at radius 3 is 2.63 bits per heavy atom. The number of rotatable bonds is 9. The van der Waals surface area contributed by atoms with E-state index < -0.39 is 10.0 Å². The van der Waals surface area contributed by atoms with Crippen molar-refractivity contribution in [1.29, 1.82) is 0 Å². The zero-order chi connectivity index (χ0) is 24.8. The van der Waals surface area contributed by atoms with Crippen molar-refractivity contribution in [2.75, 3.05) is 17.8 Å². The van der Waals surface area contributed by atoms with Crippen LogP contribution in [0.2, 0.25) is 0 Å². The SMILES string of the molecule is CCN1CCCCC1C(=O)NCc1nc(-c2ccccc2NS(=O)(=O)Cc2ccccc2)oc1C. The Morgan fingerprint density at radius 1 is 1.11 bits per heavy atom. The maximum Gasteiger partial charge on any atom is 0.237 e. The van der Waals surface area contributed by atoms with Crippen molar-refractivity contribution in [2.45, 2.75) is 51.4 Å². The highest BCUT2D eigenvalue weighted by atomic mass is 32.2. The summed E-state index contributed by atoms with van der Waals surface area (Å²) < 4.78 is 34.1. The van der Waals surface area contributed by atoms with E-state index in [0.29, 0.717) is 34.2 Å². The van der Waals surface area contributed by atoms with Crippen LogP contribution in [0.15, 0.2) is 59.0 Å². The Kier molecular flexibility index (Phi) is 7.87. The van der Waals surface area contributed by atoms with Crippen molar-refractivity contribution in [3.8, 4) is 11.5 Å². The van der Waals surface area contributed by atoms with Gasteiger partial charge in [-0.05, 0) is 50.6 Å². The Bertz CT molecular complexity index is 1260. The Labute approximate surface area is 206 Å². The number of sulfonamides is 1. The highest BCUT2D eigenvalue weighted by Crippen LogP contribution is 2.30. The lowest BCUT2D eigenvalue weighted by Crippen LogP contribution is -2.49. The summed E-state index contributed by atoms with van der Waals surface area (Å²) in [6.45, 7) is 5.91. The molecule has 0 aliphatic carbocycles. The van der Waals surface area contributed by atoms with Crippen LogP contribution in [0.5, 0.6) is 0 Å². The van der Waals surface area contributed by atoms with E-state index >= 15 is 0 Å². The fourth-order valence-corrected chi connectivity index (χ4v) is 5.63. The number of carbonyl (C=O) groups excluding carboxylic acids is 1. The van der Waals surface area contributed by atoms with E-state index in [1.807, 2.05) is 18.2 Å². The number of amides is 1. The summed E-state index contributed by atoms with van der Waals surface area (Å²) in [5, 5.41) is 3.00. The third-order valence-corrected chi connectivity index (χ3v) is 7.51. The molecule has 1 amide bonds. The van der Waals surface area contributed by atoms with Crippen molar-refractivity contribution in [3.05, 3.63) is 71.6 Å². The zero-order valence-electron chi connectivity index (χ0n) is 20.2.